The first-order valence-electron chi connectivity index (χ1n) is 8.71. The molecule has 3 heterocycles. The number of oxazole rings is 1. The van der Waals surface area contributed by atoms with E-state index in [4.69, 9.17) is 9.15 Å². The molecule has 4 rings (SSSR count). The predicted molar refractivity (Wildman–Crippen MR) is 93.7 cm³/mol. The minimum Gasteiger partial charge on any atom is -0.493 e. The van der Waals surface area contributed by atoms with Crippen LogP contribution in [0.5, 0.6) is 5.75 Å². The number of anilines is 1. The highest BCUT2D eigenvalue weighted by molar-refractivity contribution is 5.76. The Kier molecular flexibility index (Phi) is 4.78. The molecule has 3 aromatic rings. The summed E-state index contributed by atoms with van der Waals surface area (Å²) in [6, 6.07) is 6.74. The molecule has 0 spiro atoms. The Balaban J connectivity index is 1.33. The van der Waals surface area contributed by atoms with Gasteiger partial charge in [-0.15, -0.1) is 5.10 Å². The normalized spacial score (nSPS) is 15.5. The van der Waals surface area contributed by atoms with Crippen LogP contribution in [0.2, 0.25) is 0 Å². The zero-order valence-corrected chi connectivity index (χ0v) is 14.0. The van der Waals surface area contributed by atoms with Gasteiger partial charge in [0.1, 0.15) is 11.3 Å². The molecule has 2 N–H and O–H groups in total. The van der Waals surface area contributed by atoms with Crippen LogP contribution in [0.3, 0.4) is 0 Å². The van der Waals surface area contributed by atoms with Gasteiger partial charge in [0.25, 0.3) is 6.01 Å². The third kappa shape index (κ3) is 4.08. The molecule has 2 aromatic heterocycles. The van der Waals surface area contributed by atoms with Crippen molar-refractivity contribution in [1.29, 1.82) is 0 Å². The number of rotatable bonds is 7. The Morgan fingerprint density at radius 3 is 3.08 bits per heavy atom. The van der Waals surface area contributed by atoms with Gasteiger partial charge in [-0.05, 0) is 38.1 Å². The van der Waals surface area contributed by atoms with Crippen molar-refractivity contribution < 1.29 is 9.15 Å². The second-order valence-corrected chi connectivity index (χ2v) is 6.19. The van der Waals surface area contributed by atoms with Crippen LogP contribution in [-0.2, 0) is 6.54 Å². The Morgan fingerprint density at radius 1 is 1.32 bits per heavy atom. The van der Waals surface area contributed by atoms with Crippen molar-refractivity contribution in [3.63, 3.8) is 0 Å². The van der Waals surface area contributed by atoms with Gasteiger partial charge in [-0.3, -0.25) is 4.68 Å². The average Bonchev–Trinajstić information content (AvgIpc) is 3.28. The van der Waals surface area contributed by atoms with E-state index in [0.29, 0.717) is 18.7 Å². The molecule has 8 nitrogen and oxygen atoms in total. The number of aromatic nitrogens is 4. The standard InChI is InChI=1S/C17H22N6O2/c1(9-23-10-8-19-22-23)11-24-14-2-3-16-15(12-14)21-17(25-16)20-13-4-6-18-7-5-13/h2-3,8,10,12-13,18H,1,4-7,9,11H2,(H,20,21). The number of ether oxygens (including phenoxy) is 1. The number of hydrogen-bond donors (Lipinski definition) is 2. The maximum absolute atomic E-state index is 5.80. The number of aryl methyl sites for hydroxylation is 1. The highest BCUT2D eigenvalue weighted by Crippen LogP contribution is 2.24. The monoisotopic (exact) mass is 342 g/mol. The molecule has 1 aromatic carbocycles. The van der Waals surface area contributed by atoms with Crippen molar-refractivity contribution in [1.82, 2.24) is 25.3 Å². The van der Waals surface area contributed by atoms with Crippen LogP contribution < -0.4 is 15.4 Å². The van der Waals surface area contributed by atoms with E-state index in [1.165, 1.54) is 0 Å². The summed E-state index contributed by atoms with van der Waals surface area (Å²) in [6.07, 6.45) is 6.55. The first-order valence-corrected chi connectivity index (χ1v) is 8.71. The van der Waals surface area contributed by atoms with Crippen LogP contribution in [0.4, 0.5) is 6.01 Å². The van der Waals surface area contributed by atoms with Gasteiger partial charge in [0, 0.05) is 31.3 Å². The number of nitrogens with one attached hydrogen (secondary N) is 2. The van der Waals surface area contributed by atoms with E-state index in [2.05, 4.69) is 25.9 Å². The fraction of sp³-hybridized carbons (Fsp3) is 0.471. The van der Waals surface area contributed by atoms with E-state index in [0.717, 1.165) is 55.7 Å². The first kappa shape index (κ1) is 15.9. The van der Waals surface area contributed by atoms with E-state index in [1.807, 2.05) is 24.4 Å². The molecule has 0 atom stereocenters. The van der Waals surface area contributed by atoms with Gasteiger partial charge in [-0.2, -0.15) is 4.98 Å². The van der Waals surface area contributed by atoms with Crippen LogP contribution in [0.15, 0.2) is 35.0 Å². The molecule has 0 aliphatic carbocycles. The third-order valence-electron chi connectivity index (χ3n) is 4.30. The number of fused-ring (bicyclic) bond motifs is 1. The maximum atomic E-state index is 5.80. The van der Waals surface area contributed by atoms with Crippen molar-refractivity contribution in [2.45, 2.75) is 31.8 Å². The molecule has 8 heteroatoms. The topological polar surface area (TPSA) is 90.0 Å². The fourth-order valence-electron chi connectivity index (χ4n) is 2.97. The Hall–Kier alpha value is -2.61. The average molecular weight is 342 g/mol. The van der Waals surface area contributed by atoms with E-state index < -0.39 is 0 Å². The van der Waals surface area contributed by atoms with Crippen molar-refractivity contribution in [2.75, 3.05) is 25.0 Å². The van der Waals surface area contributed by atoms with Gasteiger partial charge in [0.2, 0.25) is 0 Å². The van der Waals surface area contributed by atoms with Gasteiger partial charge in [0.15, 0.2) is 5.58 Å². The Labute approximate surface area is 145 Å². The summed E-state index contributed by atoms with van der Waals surface area (Å²) in [5, 5.41) is 14.4. The summed E-state index contributed by atoms with van der Waals surface area (Å²) in [7, 11) is 0. The summed E-state index contributed by atoms with van der Waals surface area (Å²) in [5.41, 5.74) is 1.58. The van der Waals surface area contributed by atoms with Gasteiger partial charge in [-0.25, -0.2) is 0 Å². The predicted octanol–water partition coefficient (Wildman–Crippen LogP) is 2.05. The summed E-state index contributed by atoms with van der Waals surface area (Å²) < 4.78 is 13.4. The van der Waals surface area contributed by atoms with Crippen molar-refractivity contribution in [3.05, 3.63) is 30.6 Å². The number of benzene rings is 1. The number of hydrogen-bond acceptors (Lipinski definition) is 7. The molecule has 0 bridgehead atoms. The molecule has 0 radical (unpaired) electrons. The highest BCUT2D eigenvalue weighted by atomic mass is 16.5. The lowest BCUT2D eigenvalue weighted by Crippen LogP contribution is -2.35. The molecule has 0 saturated carbocycles. The van der Waals surface area contributed by atoms with Crippen molar-refractivity contribution in [3.8, 4) is 5.75 Å². The lowest BCUT2D eigenvalue weighted by atomic mass is 10.1. The van der Waals surface area contributed by atoms with Gasteiger partial charge in [-0.1, -0.05) is 5.21 Å². The zero-order chi connectivity index (χ0) is 16.9. The van der Waals surface area contributed by atoms with Crippen LogP contribution in [0, 0.1) is 0 Å². The van der Waals surface area contributed by atoms with Crippen LogP contribution >= 0.6 is 0 Å². The minimum atomic E-state index is 0.418. The largest absolute Gasteiger partial charge is 0.493 e. The quantitative estimate of drug-likeness (QED) is 0.635. The van der Waals surface area contributed by atoms with Crippen molar-refractivity contribution in [2.24, 2.45) is 0 Å². The molecule has 25 heavy (non-hydrogen) atoms. The summed E-state index contributed by atoms with van der Waals surface area (Å²) >= 11 is 0. The third-order valence-corrected chi connectivity index (χ3v) is 4.30. The van der Waals surface area contributed by atoms with Gasteiger partial charge >= 0.3 is 0 Å². The highest BCUT2D eigenvalue weighted by Gasteiger charge is 2.15. The molecular weight excluding hydrogens is 320 g/mol. The lowest BCUT2D eigenvalue weighted by Gasteiger charge is -2.22. The maximum Gasteiger partial charge on any atom is 0.295 e. The first-order chi connectivity index (χ1) is 12.4. The Bertz CT molecular complexity index is 795. The molecule has 1 aliphatic rings. The van der Waals surface area contributed by atoms with E-state index in [1.54, 1.807) is 10.9 Å². The summed E-state index contributed by atoms with van der Waals surface area (Å²) in [6.45, 7) is 3.47. The SMILES string of the molecule is c1cn(CCCOc2ccc3oc(NC4CCNCC4)nc3c2)nn1. The minimum absolute atomic E-state index is 0.418. The van der Waals surface area contributed by atoms with Gasteiger partial charge < -0.3 is 19.8 Å². The molecular formula is C17H22N6O2. The zero-order valence-electron chi connectivity index (χ0n) is 14.0. The second-order valence-electron chi connectivity index (χ2n) is 6.19. The molecule has 1 aliphatic heterocycles. The van der Waals surface area contributed by atoms with Crippen LogP contribution in [0.25, 0.3) is 11.1 Å². The number of nitrogens with zero attached hydrogens (tertiary/aromatic N) is 4. The fourth-order valence-corrected chi connectivity index (χ4v) is 2.97. The summed E-state index contributed by atoms with van der Waals surface area (Å²) in [4.78, 5) is 4.54. The lowest BCUT2D eigenvalue weighted by molar-refractivity contribution is 0.298. The second kappa shape index (κ2) is 7.52. The van der Waals surface area contributed by atoms with E-state index in [-0.39, 0.29) is 0 Å². The molecule has 0 amide bonds. The molecule has 1 saturated heterocycles. The summed E-state index contributed by atoms with van der Waals surface area (Å²) in [5.74, 6) is 0.799. The number of piperidine rings is 1. The smallest absolute Gasteiger partial charge is 0.295 e. The van der Waals surface area contributed by atoms with Crippen LogP contribution in [-0.4, -0.2) is 45.7 Å². The Morgan fingerprint density at radius 2 is 2.24 bits per heavy atom. The van der Waals surface area contributed by atoms with E-state index >= 15 is 0 Å². The van der Waals surface area contributed by atoms with Gasteiger partial charge in [0.05, 0.1) is 12.8 Å². The van der Waals surface area contributed by atoms with Crippen molar-refractivity contribution >= 4 is 17.1 Å². The van der Waals surface area contributed by atoms with Crippen LogP contribution in [0.1, 0.15) is 19.3 Å². The molecule has 1 fully saturated rings. The van der Waals surface area contributed by atoms with E-state index in [9.17, 15) is 0 Å². The molecule has 132 valence electrons. The molecule has 0 unspecified atom stereocenters.